The van der Waals surface area contributed by atoms with Gasteiger partial charge in [0.15, 0.2) is 0 Å². The number of hydrogen-bond acceptors (Lipinski definition) is 3. The third-order valence-electron chi connectivity index (χ3n) is 4.72. The minimum absolute atomic E-state index is 0.0597. The van der Waals surface area contributed by atoms with E-state index in [1.165, 1.54) is 6.07 Å². The van der Waals surface area contributed by atoms with Crippen LogP contribution in [0.5, 0.6) is 5.88 Å². The van der Waals surface area contributed by atoms with Gasteiger partial charge < -0.3 is 15.4 Å². The van der Waals surface area contributed by atoms with Gasteiger partial charge >= 0.3 is 5.69 Å². The van der Waals surface area contributed by atoms with Crippen LogP contribution in [0.3, 0.4) is 0 Å². The van der Waals surface area contributed by atoms with E-state index in [0.29, 0.717) is 12.1 Å². The van der Waals surface area contributed by atoms with Crippen LogP contribution < -0.4 is 11.0 Å². The fraction of sp³-hybridized carbons (Fsp3) is 0.238. The van der Waals surface area contributed by atoms with Crippen LogP contribution in [-0.4, -0.2) is 27.1 Å². The summed E-state index contributed by atoms with van der Waals surface area (Å²) >= 11 is 0. The highest BCUT2D eigenvalue weighted by Crippen LogP contribution is 2.24. The monoisotopic (exact) mass is 383 g/mol. The van der Waals surface area contributed by atoms with Crippen LogP contribution in [0, 0.1) is 12.7 Å². The quantitative estimate of drug-likeness (QED) is 0.612. The summed E-state index contributed by atoms with van der Waals surface area (Å²) in [4.78, 5) is 25.8. The van der Waals surface area contributed by atoms with E-state index in [4.69, 9.17) is 0 Å². The number of imidazole rings is 1. The number of halogens is 1. The highest BCUT2D eigenvalue weighted by Gasteiger charge is 2.12. The first-order chi connectivity index (χ1) is 13.3. The smallest absolute Gasteiger partial charge is 0.328 e. The predicted octanol–water partition coefficient (Wildman–Crippen LogP) is 2.92. The molecule has 6 nitrogen and oxygen atoms in total. The SMILES string of the molecule is Cc1cc(-c2ccc(C(C)CNC(=O)Cn3c(O)c[nH]c3=O)cc2)ccc1F. The summed E-state index contributed by atoms with van der Waals surface area (Å²) in [6.45, 7) is 3.87. The van der Waals surface area contributed by atoms with Crippen LogP contribution in [0.2, 0.25) is 0 Å². The molecule has 146 valence electrons. The molecule has 0 saturated carbocycles. The van der Waals surface area contributed by atoms with Crippen molar-refractivity contribution in [3.05, 3.63) is 76.1 Å². The number of nitrogens with one attached hydrogen (secondary N) is 2. The number of carbonyl (C=O) groups is 1. The Morgan fingerprint density at radius 2 is 1.89 bits per heavy atom. The van der Waals surface area contributed by atoms with Crippen molar-refractivity contribution in [1.29, 1.82) is 0 Å². The zero-order chi connectivity index (χ0) is 20.3. The molecule has 28 heavy (non-hydrogen) atoms. The zero-order valence-corrected chi connectivity index (χ0v) is 15.7. The maximum absolute atomic E-state index is 13.4. The Kier molecular flexibility index (Phi) is 5.63. The van der Waals surface area contributed by atoms with Crippen LogP contribution in [0.4, 0.5) is 4.39 Å². The van der Waals surface area contributed by atoms with E-state index in [9.17, 15) is 19.1 Å². The third-order valence-corrected chi connectivity index (χ3v) is 4.72. The first-order valence-corrected chi connectivity index (χ1v) is 8.95. The largest absolute Gasteiger partial charge is 0.493 e. The lowest BCUT2D eigenvalue weighted by molar-refractivity contribution is -0.121. The number of aromatic nitrogens is 2. The van der Waals surface area contributed by atoms with Crippen LogP contribution in [-0.2, 0) is 11.3 Å². The molecule has 0 radical (unpaired) electrons. The average molecular weight is 383 g/mol. The van der Waals surface area contributed by atoms with E-state index < -0.39 is 5.69 Å². The molecule has 1 amide bonds. The normalized spacial score (nSPS) is 12.0. The Labute approximate surface area is 161 Å². The summed E-state index contributed by atoms with van der Waals surface area (Å²) in [6.07, 6.45) is 1.14. The summed E-state index contributed by atoms with van der Waals surface area (Å²) in [5.41, 5.74) is 3.05. The molecule has 0 spiro atoms. The summed E-state index contributed by atoms with van der Waals surface area (Å²) < 4.78 is 14.4. The van der Waals surface area contributed by atoms with Gasteiger partial charge in [-0.15, -0.1) is 0 Å². The number of aromatic hydroxyl groups is 1. The number of amides is 1. The Balaban J connectivity index is 1.60. The average Bonchev–Trinajstić information content (AvgIpc) is 3.00. The number of aryl methyl sites for hydroxylation is 1. The van der Waals surface area contributed by atoms with Gasteiger partial charge in [-0.25, -0.2) is 9.18 Å². The van der Waals surface area contributed by atoms with E-state index in [1.54, 1.807) is 13.0 Å². The number of aromatic amines is 1. The van der Waals surface area contributed by atoms with E-state index >= 15 is 0 Å². The molecule has 2 aromatic carbocycles. The summed E-state index contributed by atoms with van der Waals surface area (Å²) in [5.74, 6) is -0.800. The van der Waals surface area contributed by atoms with Gasteiger partial charge in [-0.2, -0.15) is 0 Å². The topological polar surface area (TPSA) is 87.1 Å². The van der Waals surface area contributed by atoms with Crippen LogP contribution in [0.25, 0.3) is 11.1 Å². The van der Waals surface area contributed by atoms with Crippen molar-refractivity contribution < 1.29 is 14.3 Å². The molecule has 3 N–H and O–H groups in total. The summed E-state index contributed by atoms with van der Waals surface area (Å²) in [7, 11) is 0. The molecular formula is C21H22FN3O3. The molecule has 1 atom stereocenters. The number of benzene rings is 2. The molecule has 3 aromatic rings. The standard InChI is InChI=1S/C21H22FN3O3/c1-13-9-17(7-8-18(13)22)16-5-3-15(4-6-16)14(2)10-23-19(26)12-25-20(27)11-24-21(25)28/h3-9,11,14,27H,10,12H2,1-2H3,(H,23,26)(H,24,28). The van der Waals surface area contributed by atoms with Crippen molar-refractivity contribution in [1.82, 2.24) is 14.9 Å². The number of nitrogens with zero attached hydrogens (tertiary/aromatic N) is 1. The lowest BCUT2D eigenvalue weighted by Gasteiger charge is -2.14. The van der Waals surface area contributed by atoms with Crippen molar-refractivity contribution in [3.63, 3.8) is 0 Å². The van der Waals surface area contributed by atoms with Crippen LogP contribution in [0.15, 0.2) is 53.5 Å². The number of H-pyrrole nitrogens is 1. The van der Waals surface area contributed by atoms with Crippen molar-refractivity contribution in [2.45, 2.75) is 26.3 Å². The van der Waals surface area contributed by atoms with E-state index in [2.05, 4.69) is 10.3 Å². The van der Waals surface area contributed by atoms with E-state index in [1.807, 2.05) is 37.3 Å². The molecule has 0 aliphatic rings. The molecule has 3 rings (SSSR count). The molecule has 7 heteroatoms. The molecule has 1 heterocycles. The number of hydrogen-bond donors (Lipinski definition) is 3. The second kappa shape index (κ2) is 8.12. The fourth-order valence-electron chi connectivity index (χ4n) is 2.95. The molecule has 1 unspecified atom stereocenters. The molecule has 1 aromatic heterocycles. The van der Waals surface area contributed by atoms with Crippen LogP contribution >= 0.6 is 0 Å². The van der Waals surface area contributed by atoms with Gasteiger partial charge in [0.1, 0.15) is 12.4 Å². The number of carbonyl (C=O) groups excluding carboxylic acids is 1. The molecule has 0 saturated heterocycles. The second-order valence-electron chi connectivity index (χ2n) is 6.83. The molecule has 0 aliphatic carbocycles. The first kappa shape index (κ1) is 19.4. The van der Waals surface area contributed by atoms with Crippen molar-refractivity contribution in [3.8, 4) is 17.0 Å². The van der Waals surface area contributed by atoms with Gasteiger partial charge in [0.2, 0.25) is 11.8 Å². The van der Waals surface area contributed by atoms with Gasteiger partial charge in [0, 0.05) is 6.54 Å². The van der Waals surface area contributed by atoms with Gasteiger partial charge in [0.25, 0.3) is 0 Å². The summed E-state index contributed by atoms with van der Waals surface area (Å²) in [5, 5.41) is 12.3. The highest BCUT2D eigenvalue weighted by atomic mass is 19.1. The molecule has 0 fully saturated rings. The lowest BCUT2D eigenvalue weighted by atomic mass is 9.97. The van der Waals surface area contributed by atoms with E-state index in [0.717, 1.165) is 27.5 Å². The lowest BCUT2D eigenvalue weighted by Crippen LogP contribution is -2.33. The van der Waals surface area contributed by atoms with Crippen molar-refractivity contribution in [2.75, 3.05) is 6.54 Å². The van der Waals surface area contributed by atoms with E-state index in [-0.39, 0.29) is 30.1 Å². The van der Waals surface area contributed by atoms with Gasteiger partial charge in [-0.3, -0.25) is 9.36 Å². The number of rotatable bonds is 6. The molecular weight excluding hydrogens is 361 g/mol. The van der Waals surface area contributed by atoms with Crippen molar-refractivity contribution in [2.24, 2.45) is 0 Å². The van der Waals surface area contributed by atoms with Gasteiger partial charge in [-0.1, -0.05) is 37.3 Å². The van der Waals surface area contributed by atoms with Crippen LogP contribution in [0.1, 0.15) is 24.0 Å². The predicted molar refractivity (Wildman–Crippen MR) is 105 cm³/mol. The maximum Gasteiger partial charge on any atom is 0.328 e. The van der Waals surface area contributed by atoms with Gasteiger partial charge in [-0.05, 0) is 47.2 Å². The Hall–Kier alpha value is -3.35. The second-order valence-corrected chi connectivity index (χ2v) is 6.83. The fourth-order valence-corrected chi connectivity index (χ4v) is 2.95. The maximum atomic E-state index is 13.4. The Morgan fingerprint density at radius 3 is 2.50 bits per heavy atom. The Bertz CT molecular complexity index is 1040. The Morgan fingerprint density at radius 1 is 1.21 bits per heavy atom. The molecule has 0 aliphatic heterocycles. The third kappa shape index (κ3) is 4.31. The first-order valence-electron chi connectivity index (χ1n) is 8.95. The minimum atomic E-state index is -0.535. The van der Waals surface area contributed by atoms with Crippen molar-refractivity contribution >= 4 is 5.91 Å². The zero-order valence-electron chi connectivity index (χ0n) is 15.7. The molecule has 0 bridgehead atoms. The minimum Gasteiger partial charge on any atom is -0.493 e. The van der Waals surface area contributed by atoms with Gasteiger partial charge in [0.05, 0.1) is 6.20 Å². The highest BCUT2D eigenvalue weighted by molar-refractivity contribution is 5.76. The summed E-state index contributed by atoms with van der Waals surface area (Å²) in [6, 6.07) is 12.9.